The van der Waals surface area contributed by atoms with Crippen molar-refractivity contribution >= 4 is 17.6 Å². The normalized spacial score (nSPS) is 10.0. The number of carboxylic acid groups (broad SMARTS) is 1. The van der Waals surface area contributed by atoms with Crippen LogP contribution in [-0.2, 0) is 9.59 Å². The van der Waals surface area contributed by atoms with Crippen LogP contribution in [0.4, 0.5) is 5.69 Å². The molecule has 1 aromatic carbocycles. The number of carbonyl (C=O) groups excluding carboxylic acids is 1. The molecule has 5 heteroatoms. The van der Waals surface area contributed by atoms with Crippen LogP contribution in [0.25, 0.3) is 0 Å². The lowest BCUT2D eigenvalue weighted by Crippen LogP contribution is -2.29. The van der Waals surface area contributed by atoms with Crippen molar-refractivity contribution in [3.05, 3.63) is 23.3 Å². The number of benzene rings is 1. The SMILES string of the molecule is COc1ccc(N(C)C(=O)CC(=O)O)c(C)c1C. The molecule has 0 aliphatic heterocycles. The predicted molar refractivity (Wildman–Crippen MR) is 68.1 cm³/mol. The maximum absolute atomic E-state index is 11.7. The molecule has 0 heterocycles. The van der Waals surface area contributed by atoms with Crippen LogP contribution in [0.3, 0.4) is 0 Å². The van der Waals surface area contributed by atoms with E-state index in [1.807, 2.05) is 13.8 Å². The van der Waals surface area contributed by atoms with E-state index >= 15 is 0 Å². The van der Waals surface area contributed by atoms with E-state index in [0.717, 1.165) is 16.9 Å². The fraction of sp³-hybridized carbons (Fsp3) is 0.385. The van der Waals surface area contributed by atoms with Crippen LogP contribution in [0.2, 0.25) is 0 Å². The van der Waals surface area contributed by atoms with Gasteiger partial charge in [-0.1, -0.05) is 0 Å². The van der Waals surface area contributed by atoms with Crippen molar-refractivity contribution in [3.8, 4) is 5.75 Å². The number of carboxylic acids is 1. The van der Waals surface area contributed by atoms with Gasteiger partial charge in [-0.25, -0.2) is 0 Å². The van der Waals surface area contributed by atoms with Crippen molar-refractivity contribution in [2.24, 2.45) is 0 Å². The predicted octanol–water partition coefficient (Wildman–Crippen LogP) is 1.75. The first-order valence-electron chi connectivity index (χ1n) is 5.51. The molecule has 0 atom stereocenters. The minimum Gasteiger partial charge on any atom is -0.496 e. The molecule has 0 aliphatic carbocycles. The summed E-state index contributed by atoms with van der Waals surface area (Å²) in [6.07, 6.45) is -0.513. The Bertz CT molecular complexity index is 482. The molecule has 0 unspecified atom stereocenters. The number of ether oxygens (including phenoxy) is 1. The van der Waals surface area contributed by atoms with Gasteiger partial charge in [0, 0.05) is 12.7 Å². The molecule has 5 nitrogen and oxygen atoms in total. The zero-order valence-electron chi connectivity index (χ0n) is 11.0. The second-order valence-corrected chi connectivity index (χ2v) is 4.06. The first-order chi connectivity index (χ1) is 8.38. The van der Waals surface area contributed by atoms with Gasteiger partial charge >= 0.3 is 5.97 Å². The van der Waals surface area contributed by atoms with Crippen molar-refractivity contribution in [1.82, 2.24) is 0 Å². The van der Waals surface area contributed by atoms with Gasteiger partial charge in [0.1, 0.15) is 12.2 Å². The number of hydrogen-bond donors (Lipinski definition) is 1. The largest absolute Gasteiger partial charge is 0.496 e. The lowest BCUT2D eigenvalue weighted by Gasteiger charge is -2.21. The maximum atomic E-state index is 11.7. The van der Waals surface area contributed by atoms with Gasteiger partial charge in [0.15, 0.2) is 0 Å². The Morgan fingerprint density at radius 1 is 1.28 bits per heavy atom. The number of aliphatic carboxylic acids is 1. The van der Waals surface area contributed by atoms with Crippen LogP contribution in [0.5, 0.6) is 5.75 Å². The van der Waals surface area contributed by atoms with E-state index < -0.39 is 18.3 Å². The van der Waals surface area contributed by atoms with E-state index in [9.17, 15) is 9.59 Å². The quantitative estimate of drug-likeness (QED) is 0.828. The van der Waals surface area contributed by atoms with Crippen molar-refractivity contribution in [1.29, 1.82) is 0 Å². The molecule has 1 rings (SSSR count). The van der Waals surface area contributed by atoms with Crippen molar-refractivity contribution in [3.63, 3.8) is 0 Å². The summed E-state index contributed by atoms with van der Waals surface area (Å²) in [6.45, 7) is 3.77. The van der Waals surface area contributed by atoms with E-state index in [0.29, 0.717) is 5.69 Å². The molecule has 0 saturated carbocycles. The van der Waals surface area contributed by atoms with Crippen LogP contribution < -0.4 is 9.64 Å². The molecule has 1 amide bonds. The Kier molecular flexibility index (Phi) is 4.31. The summed E-state index contributed by atoms with van der Waals surface area (Å²) < 4.78 is 5.19. The van der Waals surface area contributed by atoms with Crippen LogP contribution in [0.1, 0.15) is 17.5 Å². The number of hydrogen-bond acceptors (Lipinski definition) is 3. The van der Waals surface area contributed by atoms with E-state index in [1.165, 1.54) is 4.90 Å². The first kappa shape index (κ1) is 14.0. The molecule has 1 aromatic rings. The van der Waals surface area contributed by atoms with Crippen molar-refractivity contribution in [2.75, 3.05) is 19.1 Å². The van der Waals surface area contributed by atoms with Gasteiger partial charge in [-0.15, -0.1) is 0 Å². The summed E-state index contributed by atoms with van der Waals surface area (Å²) >= 11 is 0. The topological polar surface area (TPSA) is 66.8 Å². The van der Waals surface area contributed by atoms with E-state index in [1.54, 1.807) is 26.3 Å². The minimum absolute atomic E-state index is 0.449. The Hall–Kier alpha value is -2.04. The molecular formula is C13H17NO4. The molecule has 0 saturated heterocycles. The second-order valence-electron chi connectivity index (χ2n) is 4.06. The molecule has 0 bridgehead atoms. The van der Waals surface area contributed by atoms with E-state index in [2.05, 4.69) is 0 Å². The monoisotopic (exact) mass is 251 g/mol. The van der Waals surface area contributed by atoms with Gasteiger partial charge < -0.3 is 14.7 Å². The Morgan fingerprint density at radius 2 is 1.89 bits per heavy atom. The van der Waals surface area contributed by atoms with Gasteiger partial charge in [-0.05, 0) is 37.1 Å². The highest BCUT2D eigenvalue weighted by Crippen LogP contribution is 2.29. The van der Waals surface area contributed by atoms with Gasteiger partial charge in [0.25, 0.3) is 0 Å². The summed E-state index contributed by atoms with van der Waals surface area (Å²) in [7, 11) is 3.15. The van der Waals surface area contributed by atoms with Crippen LogP contribution in [-0.4, -0.2) is 31.1 Å². The number of carbonyl (C=O) groups is 2. The summed E-state index contributed by atoms with van der Waals surface area (Å²) in [5.41, 5.74) is 2.53. The number of methoxy groups -OCH3 is 1. The van der Waals surface area contributed by atoms with Gasteiger partial charge in [0.2, 0.25) is 5.91 Å². The minimum atomic E-state index is -1.13. The lowest BCUT2D eigenvalue weighted by molar-refractivity contribution is -0.140. The first-order valence-corrected chi connectivity index (χ1v) is 5.51. The van der Waals surface area contributed by atoms with Crippen LogP contribution in [0, 0.1) is 13.8 Å². The smallest absolute Gasteiger partial charge is 0.312 e. The van der Waals surface area contributed by atoms with Crippen molar-refractivity contribution < 1.29 is 19.4 Å². The summed E-state index contributed by atoms with van der Waals surface area (Å²) in [5.74, 6) is -0.833. The molecule has 98 valence electrons. The summed E-state index contributed by atoms with van der Waals surface area (Å²) in [4.78, 5) is 23.6. The van der Waals surface area contributed by atoms with Crippen molar-refractivity contribution in [2.45, 2.75) is 20.3 Å². The number of anilines is 1. The lowest BCUT2D eigenvalue weighted by atomic mass is 10.1. The highest BCUT2D eigenvalue weighted by atomic mass is 16.5. The Labute approximate surface area is 106 Å². The molecule has 0 aromatic heterocycles. The van der Waals surface area contributed by atoms with Crippen LogP contribution in [0.15, 0.2) is 12.1 Å². The zero-order valence-corrected chi connectivity index (χ0v) is 11.0. The molecule has 0 aliphatic rings. The third-order valence-electron chi connectivity index (χ3n) is 2.97. The molecule has 18 heavy (non-hydrogen) atoms. The fourth-order valence-electron chi connectivity index (χ4n) is 1.75. The zero-order chi connectivity index (χ0) is 13.9. The van der Waals surface area contributed by atoms with E-state index in [4.69, 9.17) is 9.84 Å². The van der Waals surface area contributed by atoms with Gasteiger partial charge in [-0.2, -0.15) is 0 Å². The second kappa shape index (κ2) is 5.53. The third-order valence-corrected chi connectivity index (χ3v) is 2.97. The molecule has 0 radical (unpaired) electrons. The maximum Gasteiger partial charge on any atom is 0.312 e. The summed E-state index contributed by atoms with van der Waals surface area (Å²) in [6, 6.07) is 3.52. The number of rotatable bonds is 4. The average molecular weight is 251 g/mol. The highest BCUT2D eigenvalue weighted by molar-refractivity contribution is 6.03. The Balaban J connectivity index is 3.07. The highest BCUT2D eigenvalue weighted by Gasteiger charge is 2.17. The van der Waals surface area contributed by atoms with E-state index in [-0.39, 0.29) is 0 Å². The Morgan fingerprint density at radius 3 is 2.39 bits per heavy atom. The number of nitrogens with zero attached hydrogens (tertiary/aromatic N) is 1. The molecule has 0 spiro atoms. The fourth-order valence-corrected chi connectivity index (χ4v) is 1.75. The van der Waals surface area contributed by atoms with Gasteiger partial charge in [0.05, 0.1) is 7.11 Å². The average Bonchev–Trinajstić information content (AvgIpc) is 2.31. The third kappa shape index (κ3) is 2.80. The molecular weight excluding hydrogens is 234 g/mol. The number of amides is 1. The standard InChI is InChI=1S/C13H17NO4/c1-8-9(2)11(18-4)6-5-10(8)14(3)12(15)7-13(16)17/h5-6H,7H2,1-4H3,(H,16,17). The van der Waals surface area contributed by atoms with Gasteiger partial charge in [-0.3, -0.25) is 9.59 Å². The molecule has 1 N–H and O–H groups in total. The summed E-state index contributed by atoms with van der Waals surface area (Å²) in [5, 5.41) is 8.62. The van der Waals surface area contributed by atoms with Crippen LogP contribution >= 0.6 is 0 Å². The molecule has 0 fully saturated rings.